The Balaban J connectivity index is 1.63. The van der Waals surface area contributed by atoms with E-state index >= 15 is 0 Å². The Kier molecular flexibility index (Phi) is 7.98. The predicted octanol–water partition coefficient (Wildman–Crippen LogP) is 3.50. The summed E-state index contributed by atoms with van der Waals surface area (Å²) in [5.74, 6) is -0.935. The minimum absolute atomic E-state index is 0.147. The lowest BCUT2D eigenvalue weighted by Crippen LogP contribution is -2.33. The zero-order chi connectivity index (χ0) is 24.2. The number of carbonyl (C=O) groups is 3. The van der Waals surface area contributed by atoms with Gasteiger partial charge in [0, 0.05) is 30.2 Å². The van der Waals surface area contributed by atoms with Gasteiger partial charge >= 0.3 is 5.97 Å². The molecule has 0 saturated carbocycles. The predicted molar refractivity (Wildman–Crippen MR) is 137 cm³/mol. The molecule has 34 heavy (non-hydrogen) atoms. The number of anilines is 1. The summed E-state index contributed by atoms with van der Waals surface area (Å²) in [6.45, 7) is 3.96. The number of nitrogens with zero attached hydrogens (tertiary/aromatic N) is 2. The normalized spacial score (nSPS) is 21.5. The van der Waals surface area contributed by atoms with E-state index < -0.39 is 11.2 Å². The number of hydrogen-bond acceptors (Lipinski definition) is 8. The molecule has 2 amide bonds. The van der Waals surface area contributed by atoms with Crippen molar-refractivity contribution in [3.63, 3.8) is 0 Å². The number of thioether (sulfide) groups is 1. The summed E-state index contributed by atoms with van der Waals surface area (Å²) in [7, 11) is 1.36. The maximum atomic E-state index is 13.4. The molecule has 3 heterocycles. The molecular formula is C24H32N4O4S2. The summed E-state index contributed by atoms with van der Waals surface area (Å²) in [4.78, 5) is 46.7. The van der Waals surface area contributed by atoms with Crippen LogP contribution in [0.3, 0.4) is 0 Å². The van der Waals surface area contributed by atoms with Crippen LogP contribution < -0.4 is 11.1 Å². The number of amides is 2. The van der Waals surface area contributed by atoms with E-state index in [2.05, 4.69) is 10.3 Å². The number of rotatable bonds is 6. The van der Waals surface area contributed by atoms with Crippen LogP contribution in [0.25, 0.3) is 0 Å². The van der Waals surface area contributed by atoms with Crippen molar-refractivity contribution >= 4 is 50.9 Å². The van der Waals surface area contributed by atoms with E-state index in [0.29, 0.717) is 40.8 Å². The Hall–Kier alpha value is -2.33. The molecule has 4 rings (SSSR count). The number of esters is 1. The number of likely N-dealkylation sites (tertiary alicyclic amines) is 1. The highest BCUT2D eigenvalue weighted by Crippen LogP contribution is 2.40. The van der Waals surface area contributed by atoms with Crippen molar-refractivity contribution < 1.29 is 19.1 Å². The third-order valence-electron chi connectivity index (χ3n) is 6.39. The van der Waals surface area contributed by atoms with Gasteiger partial charge in [0.2, 0.25) is 5.91 Å². The van der Waals surface area contributed by atoms with Crippen molar-refractivity contribution in [2.24, 2.45) is 10.7 Å². The molecule has 1 aromatic heterocycles. The van der Waals surface area contributed by atoms with Crippen LogP contribution in [0.5, 0.6) is 0 Å². The fourth-order valence-corrected chi connectivity index (χ4v) is 7.04. The van der Waals surface area contributed by atoms with Gasteiger partial charge in [0.25, 0.3) is 5.91 Å². The summed E-state index contributed by atoms with van der Waals surface area (Å²) < 4.78 is 5.05. The second-order valence-electron chi connectivity index (χ2n) is 8.76. The van der Waals surface area contributed by atoms with E-state index in [9.17, 15) is 14.4 Å². The topological polar surface area (TPSA) is 114 Å². The van der Waals surface area contributed by atoms with Crippen LogP contribution in [0.2, 0.25) is 0 Å². The van der Waals surface area contributed by atoms with E-state index in [1.165, 1.54) is 30.2 Å². The Morgan fingerprint density at radius 2 is 1.88 bits per heavy atom. The minimum atomic E-state index is -0.774. The molecule has 3 aliphatic rings. The summed E-state index contributed by atoms with van der Waals surface area (Å²) in [5.41, 5.74) is 8.48. The van der Waals surface area contributed by atoms with Crippen LogP contribution in [0.1, 0.15) is 66.2 Å². The number of ether oxygens (including phenoxy) is 1. The van der Waals surface area contributed by atoms with Gasteiger partial charge in [0.05, 0.1) is 18.2 Å². The maximum Gasteiger partial charge on any atom is 0.341 e. The standard InChI is InChI=1S/C24H32N4O4S2/c1-3-11-26-21-17(23(30)28-12-7-8-13-28)18(25)19(34-21)20(29)27-22-16(24(31)32-2)14-9-5-4-6-10-15(14)33-22/h19H,3-13,25H2,1-2H3,(H,27,29). The maximum absolute atomic E-state index is 13.4. The molecule has 2 aliphatic heterocycles. The van der Waals surface area contributed by atoms with Crippen molar-refractivity contribution in [3.05, 3.63) is 27.3 Å². The molecule has 1 aliphatic carbocycles. The molecule has 8 nitrogen and oxygen atoms in total. The number of carbonyl (C=O) groups excluding carboxylic acids is 3. The van der Waals surface area contributed by atoms with Crippen molar-refractivity contribution in [1.82, 2.24) is 4.90 Å². The van der Waals surface area contributed by atoms with Crippen molar-refractivity contribution in [3.8, 4) is 0 Å². The average molecular weight is 505 g/mol. The van der Waals surface area contributed by atoms with Crippen molar-refractivity contribution in [2.75, 3.05) is 32.1 Å². The van der Waals surface area contributed by atoms with Crippen LogP contribution >= 0.6 is 23.1 Å². The summed E-state index contributed by atoms with van der Waals surface area (Å²) in [6, 6.07) is 0. The van der Waals surface area contributed by atoms with Crippen LogP contribution in [0.4, 0.5) is 5.00 Å². The zero-order valence-electron chi connectivity index (χ0n) is 19.8. The quantitative estimate of drug-likeness (QED) is 0.453. The lowest BCUT2D eigenvalue weighted by atomic mass is 10.1. The van der Waals surface area contributed by atoms with Gasteiger partial charge in [-0.3, -0.25) is 14.6 Å². The zero-order valence-corrected chi connectivity index (χ0v) is 21.4. The van der Waals surface area contributed by atoms with E-state index in [0.717, 1.165) is 61.8 Å². The number of nitrogens with one attached hydrogen (secondary N) is 1. The molecule has 0 bridgehead atoms. The number of fused-ring (bicyclic) bond motifs is 1. The molecule has 0 spiro atoms. The second kappa shape index (κ2) is 10.9. The molecule has 3 N–H and O–H groups in total. The minimum Gasteiger partial charge on any atom is -0.465 e. The van der Waals surface area contributed by atoms with Gasteiger partial charge in [0.15, 0.2) is 0 Å². The van der Waals surface area contributed by atoms with Gasteiger partial charge in [-0.15, -0.1) is 11.3 Å². The van der Waals surface area contributed by atoms with Crippen molar-refractivity contribution in [2.45, 2.75) is 63.5 Å². The van der Waals surface area contributed by atoms with Gasteiger partial charge in [-0.25, -0.2) is 4.79 Å². The molecule has 1 aromatic rings. The fraction of sp³-hybridized carbons (Fsp3) is 0.583. The van der Waals surface area contributed by atoms with E-state index in [-0.39, 0.29) is 17.5 Å². The average Bonchev–Trinajstić information content (AvgIpc) is 3.51. The highest BCUT2D eigenvalue weighted by Gasteiger charge is 2.40. The Morgan fingerprint density at radius 3 is 2.59 bits per heavy atom. The third kappa shape index (κ3) is 4.88. The molecule has 1 unspecified atom stereocenters. The first-order valence-corrected chi connectivity index (χ1v) is 13.7. The highest BCUT2D eigenvalue weighted by molar-refractivity contribution is 8.16. The van der Waals surface area contributed by atoms with Crippen LogP contribution in [0, 0.1) is 0 Å². The Bertz CT molecular complexity index is 1040. The molecule has 1 atom stereocenters. The molecule has 1 saturated heterocycles. The first-order chi connectivity index (χ1) is 16.5. The van der Waals surface area contributed by atoms with Gasteiger partial charge in [-0.05, 0) is 50.5 Å². The second-order valence-corrected chi connectivity index (χ2v) is 11.0. The number of aliphatic imine (C=N–C) groups is 1. The molecule has 0 radical (unpaired) electrons. The molecule has 184 valence electrons. The first-order valence-electron chi connectivity index (χ1n) is 12.0. The monoisotopic (exact) mass is 504 g/mol. The number of thiophene rings is 1. The Morgan fingerprint density at radius 1 is 1.15 bits per heavy atom. The molecule has 10 heteroatoms. The van der Waals surface area contributed by atoms with E-state index in [4.69, 9.17) is 10.5 Å². The van der Waals surface area contributed by atoms with E-state index in [1.54, 1.807) is 4.90 Å². The van der Waals surface area contributed by atoms with Crippen LogP contribution in [0.15, 0.2) is 16.3 Å². The number of methoxy groups -OCH3 is 1. The third-order valence-corrected chi connectivity index (χ3v) is 8.85. The van der Waals surface area contributed by atoms with E-state index in [1.807, 2.05) is 6.92 Å². The van der Waals surface area contributed by atoms with Gasteiger partial charge in [-0.2, -0.15) is 0 Å². The van der Waals surface area contributed by atoms with Crippen molar-refractivity contribution in [1.29, 1.82) is 0 Å². The Labute approximate surface area is 208 Å². The lowest BCUT2D eigenvalue weighted by Gasteiger charge is -2.16. The first kappa shape index (κ1) is 24.8. The summed E-state index contributed by atoms with van der Waals surface area (Å²) in [5, 5.41) is 3.21. The van der Waals surface area contributed by atoms with Gasteiger partial charge in [0.1, 0.15) is 15.3 Å². The van der Waals surface area contributed by atoms with Crippen LogP contribution in [-0.2, 0) is 27.2 Å². The van der Waals surface area contributed by atoms with Gasteiger partial charge in [-0.1, -0.05) is 25.1 Å². The van der Waals surface area contributed by atoms with Gasteiger partial charge < -0.3 is 20.7 Å². The number of nitrogens with two attached hydrogens (primary N) is 1. The lowest BCUT2D eigenvalue weighted by molar-refractivity contribution is -0.125. The molecule has 0 aromatic carbocycles. The van der Waals surface area contributed by atoms with Crippen LogP contribution in [-0.4, -0.2) is 59.7 Å². The molecule has 1 fully saturated rings. The SMILES string of the molecule is CCCN=C1SC(C(=O)Nc2sc3c(c2C(=O)OC)CCCCC3)C(N)=C1C(=O)N1CCCC1. The summed E-state index contributed by atoms with van der Waals surface area (Å²) in [6.07, 6.45) is 7.65. The number of hydrogen-bond donors (Lipinski definition) is 2. The number of aryl methyl sites for hydroxylation is 1. The summed E-state index contributed by atoms with van der Waals surface area (Å²) >= 11 is 2.66. The largest absolute Gasteiger partial charge is 0.465 e. The highest BCUT2D eigenvalue weighted by atomic mass is 32.2. The smallest absolute Gasteiger partial charge is 0.341 e. The molecular weight excluding hydrogens is 472 g/mol. The fourth-order valence-electron chi connectivity index (χ4n) is 4.63.